The predicted molar refractivity (Wildman–Crippen MR) is 129 cm³/mol. The number of rotatable bonds is 5. The number of carbonyl (C=O) groups excluding carboxylic acids is 2. The molecule has 1 saturated heterocycles. The van der Waals surface area contributed by atoms with Gasteiger partial charge in [0.05, 0.1) is 24.4 Å². The van der Waals surface area contributed by atoms with Gasteiger partial charge in [0, 0.05) is 23.0 Å². The number of anilines is 1. The van der Waals surface area contributed by atoms with Crippen molar-refractivity contribution in [3.8, 4) is 11.5 Å². The number of phenols is 1. The second kappa shape index (κ2) is 9.19. The fourth-order valence-corrected chi connectivity index (χ4v) is 4.28. The molecule has 0 spiro atoms. The quantitative estimate of drug-likeness (QED) is 0.297. The van der Waals surface area contributed by atoms with Crippen molar-refractivity contribution in [1.29, 1.82) is 0 Å². The summed E-state index contributed by atoms with van der Waals surface area (Å²) in [6.07, 6.45) is 3.07. The van der Waals surface area contributed by atoms with Crippen molar-refractivity contribution in [2.45, 2.75) is 25.8 Å². The first-order chi connectivity index (χ1) is 16.2. The molecule has 8 heteroatoms. The van der Waals surface area contributed by atoms with Crippen molar-refractivity contribution in [2.75, 3.05) is 12.0 Å². The highest BCUT2D eigenvalue weighted by Gasteiger charge is 2.48. The first-order valence-electron chi connectivity index (χ1n) is 10.6. The highest BCUT2D eigenvalue weighted by atomic mass is 35.5. The van der Waals surface area contributed by atoms with Crippen LogP contribution in [-0.4, -0.2) is 34.0 Å². The standard InChI is InChI=1S/C26H23ClN2O5/c1-14(2)18-11-15(6-9-21(18)34-3)24(31)22-23(16-5-4-10-28-13-16)29(26(33)25(22)32)19-12-17(27)7-8-20(19)30/h4-14,23,30-31H,1-3H3/b24-22-. The summed E-state index contributed by atoms with van der Waals surface area (Å²) in [4.78, 5) is 31.7. The van der Waals surface area contributed by atoms with Crippen molar-refractivity contribution in [3.63, 3.8) is 0 Å². The number of nitrogens with zero attached hydrogens (tertiary/aromatic N) is 2. The number of amides is 1. The predicted octanol–water partition coefficient (Wildman–Crippen LogP) is 5.20. The molecule has 2 aromatic carbocycles. The van der Waals surface area contributed by atoms with Crippen LogP contribution in [0, 0.1) is 0 Å². The molecule has 2 N–H and O–H groups in total. The number of aromatic nitrogens is 1. The largest absolute Gasteiger partial charge is 0.507 e. The summed E-state index contributed by atoms with van der Waals surface area (Å²) in [5, 5.41) is 22.1. The van der Waals surface area contributed by atoms with E-state index in [4.69, 9.17) is 16.3 Å². The summed E-state index contributed by atoms with van der Waals surface area (Å²) in [6, 6.07) is 11.6. The minimum atomic E-state index is -1.03. The summed E-state index contributed by atoms with van der Waals surface area (Å²) in [5.74, 6) is -1.60. The first kappa shape index (κ1) is 23.3. The van der Waals surface area contributed by atoms with Crippen molar-refractivity contribution < 1.29 is 24.5 Å². The van der Waals surface area contributed by atoms with Crippen LogP contribution in [0.3, 0.4) is 0 Å². The van der Waals surface area contributed by atoms with E-state index < -0.39 is 17.7 Å². The number of methoxy groups -OCH3 is 1. The van der Waals surface area contributed by atoms with Crippen LogP contribution >= 0.6 is 11.6 Å². The topological polar surface area (TPSA) is 100.0 Å². The van der Waals surface area contributed by atoms with E-state index in [0.717, 1.165) is 10.5 Å². The molecular formula is C26H23ClN2O5. The minimum absolute atomic E-state index is 0.0557. The van der Waals surface area contributed by atoms with E-state index in [-0.39, 0.29) is 33.7 Å². The Kier molecular flexibility index (Phi) is 6.30. The lowest BCUT2D eigenvalue weighted by Gasteiger charge is -2.26. The van der Waals surface area contributed by atoms with Gasteiger partial charge in [-0.15, -0.1) is 0 Å². The number of pyridine rings is 1. The number of aliphatic hydroxyl groups excluding tert-OH is 1. The van der Waals surface area contributed by atoms with Crippen molar-refractivity contribution in [2.24, 2.45) is 0 Å². The fourth-order valence-electron chi connectivity index (χ4n) is 4.11. The molecule has 1 fully saturated rings. The Morgan fingerprint density at radius 2 is 1.91 bits per heavy atom. The van der Waals surface area contributed by atoms with E-state index in [2.05, 4.69) is 4.98 Å². The number of carbonyl (C=O) groups is 2. The molecular weight excluding hydrogens is 456 g/mol. The third-order valence-electron chi connectivity index (χ3n) is 5.77. The average Bonchev–Trinajstić information content (AvgIpc) is 3.10. The van der Waals surface area contributed by atoms with E-state index in [1.807, 2.05) is 13.8 Å². The van der Waals surface area contributed by atoms with E-state index >= 15 is 0 Å². The van der Waals surface area contributed by atoms with Gasteiger partial charge in [0.1, 0.15) is 17.3 Å². The molecule has 0 radical (unpaired) electrons. The highest BCUT2D eigenvalue weighted by molar-refractivity contribution is 6.52. The number of ether oxygens (including phenoxy) is 1. The van der Waals surface area contributed by atoms with Gasteiger partial charge in [0.25, 0.3) is 11.7 Å². The van der Waals surface area contributed by atoms with Crippen molar-refractivity contribution in [1.82, 2.24) is 4.98 Å². The molecule has 3 aromatic rings. The van der Waals surface area contributed by atoms with Crippen LogP contribution in [0.5, 0.6) is 11.5 Å². The number of Topliss-reactive ketones (excluding diaryl/α,β-unsaturated/α-hetero) is 1. The second-order valence-corrected chi connectivity index (χ2v) is 8.64. The summed E-state index contributed by atoms with van der Waals surface area (Å²) in [7, 11) is 1.56. The number of aromatic hydroxyl groups is 1. The molecule has 4 rings (SSSR count). The Bertz CT molecular complexity index is 1300. The Hall–Kier alpha value is -3.84. The van der Waals surface area contributed by atoms with Crippen molar-refractivity contribution >= 4 is 34.7 Å². The maximum Gasteiger partial charge on any atom is 0.300 e. The van der Waals surface area contributed by atoms with Gasteiger partial charge in [-0.25, -0.2) is 0 Å². The van der Waals surface area contributed by atoms with Crippen molar-refractivity contribution in [3.05, 3.63) is 88.2 Å². The van der Waals surface area contributed by atoms with Crippen LogP contribution in [-0.2, 0) is 9.59 Å². The summed E-state index contributed by atoms with van der Waals surface area (Å²) < 4.78 is 5.42. The molecule has 0 aliphatic carbocycles. The molecule has 0 saturated carbocycles. The molecule has 1 amide bonds. The zero-order chi connectivity index (χ0) is 24.6. The van der Waals surface area contributed by atoms with Crippen LogP contribution in [0.15, 0.2) is 66.5 Å². The summed E-state index contributed by atoms with van der Waals surface area (Å²) in [5.41, 5.74) is 1.63. The molecule has 1 aromatic heterocycles. The molecule has 2 heterocycles. The molecule has 174 valence electrons. The van der Waals surface area contributed by atoms with Crippen LogP contribution in [0.4, 0.5) is 5.69 Å². The molecule has 0 bridgehead atoms. The van der Waals surface area contributed by atoms with E-state index in [1.165, 1.54) is 24.4 Å². The van der Waals surface area contributed by atoms with Gasteiger partial charge in [0.15, 0.2) is 0 Å². The van der Waals surface area contributed by atoms with E-state index in [0.29, 0.717) is 16.9 Å². The zero-order valence-corrected chi connectivity index (χ0v) is 19.6. The van der Waals surface area contributed by atoms with Crippen LogP contribution < -0.4 is 9.64 Å². The van der Waals surface area contributed by atoms with E-state index in [9.17, 15) is 19.8 Å². The number of benzene rings is 2. The lowest BCUT2D eigenvalue weighted by molar-refractivity contribution is -0.132. The highest BCUT2D eigenvalue weighted by Crippen LogP contribution is 2.45. The second-order valence-electron chi connectivity index (χ2n) is 8.20. The third-order valence-corrected chi connectivity index (χ3v) is 6.00. The molecule has 1 aliphatic heterocycles. The molecule has 7 nitrogen and oxygen atoms in total. The zero-order valence-electron chi connectivity index (χ0n) is 18.8. The van der Waals surface area contributed by atoms with Gasteiger partial charge in [0.2, 0.25) is 0 Å². The monoisotopic (exact) mass is 478 g/mol. The molecule has 1 unspecified atom stereocenters. The number of ketones is 1. The SMILES string of the molecule is COc1ccc(/C(O)=C2/C(=O)C(=O)N(c3cc(Cl)ccc3O)C2c2cccnc2)cc1C(C)C. The molecule has 34 heavy (non-hydrogen) atoms. The van der Waals surface area contributed by atoms with Gasteiger partial charge in [-0.1, -0.05) is 31.5 Å². The van der Waals surface area contributed by atoms with Gasteiger partial charge in [-0.3, -0.25) is 19.5 Å². The maximum atomic E-state index is 13.3. The smallest absolute Gasteiger partial charge is 0.300 e. The lowest BCUT2D eigenvalue weighted by atomic mass is 9.93. The van der Waals surface area contributed by atoms with Gasteiger partial charge in [-0.05, 0) is 59.5 Å². The molecule has 1 aliphatic rings. The van der Waals surface area contributed by atoms with Gasteiger partial charge < -0.3 is 14.9 Å². The molecule has 1 atom stereocenters. The number of hydrogen-bond donors (Lipinski definition) is 2. The number of halogens is 1. The maximum absolute atomic E-state index is 13.3. The average molecular weight is 479 g/mol. The van der Waals surface area contributed by atoms with Gasteiger partial charge in [-0.2, -0.15) is 0 Å². The Labute approximate surface area is 201 Å². The normalized spacial score (nSPS) is 17.4. The third kappa shape index (κ3) is 3.99. The van der Waals surface area contributed by atoms with E-state index in [1.54, 1.807) is 43.6 Å². The fraction of sp³-hybridized carbons (Fsp3) is 0.192. The number of phenolic OH excluding ortho intramolecular Hbond substituents is 1. The van der Waals surface area contributed by atoms with Crippen LogP contribution in [0.1, 0.15) is 42.5 Å². The lowest BCUT2D eigenvalue weighted by Crippen LogP contribution is -2.29. The number of hydrogen-bond acceptors (Lipinski definition) is 6. The Balaban J connectivity index is 1.97. The van der Waals surface area contributed by atoms with Crippen LogP contribution in [0.25, 0.3) is 5.76 Å². The van der Waals surface area contributed by atoms with Gasteiger partial charge >= 0.3 is 0 Å². The Morgan fingerprint density at radius 3 is 2.56 bits per heavy atom. The minimum Gasteiger partial charge on any atom is -0.507 e. The number of aliphatic hydroxyl groups is 1. The van der Waals surface area contributed by atoms with Crippen LogP contribution in [0.2, 0.25) is 5.02 Å². The Morgan fingerprint density at radius 1 is 1.15 bits per heavy atom. The summed E-state index contributed by atoms with van der Waals surface area (Å²) >= 11 is 6.12. The summed E-state index contributed by atoms with van der Waals surface area (Å²) in [6.45, 7) is 3.97. The first-order valence-corrected chi connectivity index (χ1v) is 11.0.